The molecule has 0 saturated heterocycles. The first-order chi connectivity index (χ1) is 10.8. The third-order valence-electron chi connectivity index (χ3n) is 4.07. The first-order valence-electron chi connectivity index (χ1n) is 8.05. The lowest BCUT2D eigenvalue weighted by molar-refractivity contribution is 0.327. The molecule has 1 aliphatic heterocycles. The fourth-order valence-electron chi connectivity index (χ4n) is 2.64. The smallest absolute Gasteiger partial charge is 0.210 e. The van der Waals surface area contributed by atoms with E-state index in [0.717, 1.165) is 16.7 Å². The fourth-order valence-corrected chi connectivity index (χ4v) is 2.73. The molecule has 1 N–H and O–H groups in total. The van der Waals surface area contributed by atoms with Crippen LogP contribution in [0.25, 0.3) is 0 Å². The Bertz CT molecular complexity index is 663. The Morgan fingerprint density at radius 1 is 1.00 bits per heavy atom. The van der Waals surface area contributed by atoms with Gasteiger partial charge in [0.05, 0.1) is 0 Å². The number of rotatable bonds is 1. The zero-order valence-electron chi connectivity index (χ0n) is 15.8. The Labute approximate surface area is 150 Å². The van der Waals surface area contributed by atoms with Crippen molar-refractivity contribution in [1.82, 2.24) is 15.4 Å². The summed E-state index contributed by atoms with van der Waals surface area (Å²) in [5, 5.41) is 21.5. The van der Waals surface area contributed by atoms with E-state index < -0.39 is 0 Å². The molecule has 24 heavy (non-hydrogen) atoms. The van der Waals surface area contributed by atoms with Gasteiger partial charge in [0.15, 0.2) is 11.6 Å². The van der Waals surface area contributed by atoms with Crippen molar-refractivity contribution >= 4 is 23.2 Å². The van der Waals surface area contributed by atoms with E-state index >= 15 is 0 Å². The molecule has 0 aliphatic carbocycles. The zero-order chi connectivity index (χ0) is 18.4. The van der Waals surface area contributed by atoms with Gasteiger partial charge >= 0.3 is 0 Å². The molecule has 1 aromatic carbocycles. The predicted octanol–water partition coefficient (Wildman–Crippen LogP) is 3.75. The summed E-state index contributed by atoms with van der Waals surface area (Å²) in [4.78, 5) is 0. The van der Waals surface area contributed by atoms with E-state index in [1.54, 1.807) is 10.0 Å². The number of benzene rings is 1. The average molecular weight is 348 g/mol. The average Bonchev–Trinajstić information content (AvgIpc) is 2.41. The summed E-state index contributed by atoms with van der Waals surface area (Å²) in [6, 6.07) is 3.89. The predicted molar refractivity (Wildman–Crippen MR) is 102 cm³/mol. The molecule has 2 rings (SSSR count). The number of thiocarbonyl (C=S) groups is 1. The topological polar surface area (TPSA) is 50.8 Å². The summed E-state index contributed by atoms with van der Waals surface area (Å²) in [6.07, 6.45) is 0. The van der Waals surface area contributed by atoms with Crippen molar-refractivity contribution in [3.8, 4) is 5.75 Å². The molecule has 1 aromatic rings. The van der Waals surface area contributed by atoms with Crippen LogP contribution in [0.2, 0.25) is 0 Å². The molecule has 0 fully saturated rings. The second-order valence-corrected chi connectivity index (χ2v) is 8.69. The summed E-state index contributed by atoms with van der Waals surface area (Å²) in [6.45, 7) is 12.4. The van der Waals surface area contributed by atoms with Gasteiger partial charge in [0.2, 0.25) is 5.11 Å². The van der Waals surface area contributed by atoms with Gasteiger partial charge in [-0.3, -0.25) is 15.5 Å². The van der Waals surface area contributed by atoms with Crippen molar-refractivity contribution in [2.45, 2.75) is 52.4 Å². The van der Waals surface area contributed by atoms with Gasteiger partial charge in [-0.2, -0.15) is 5.10 Å². The van der Waals surface area contributed by atoms with Gasteiger partial charge in [-0.1, -0.05) is 41.5 Å². The highest BCUT2D eigenvalue weighted by molar-refractivity contribution is 7.80. The second kappa shape index (κ2) is 5.92. The minimum Gasteiger partial charge on any atom is -0.289 e. The molecular formula is C18H27N4OS. The van der Waals surface area contributed by atoms with Crippen LogP contribution in [0, 0.1) is 0 Å². The highest BCUT2D eigenvalue weighted by Crippen LogP contribution is 2.40. The van der Waals surface area contributed by atoms with Gasteiger partial charge in [-0.15, -0.1) is 0 Å². The van der Waals surface area contributed by atoms with Gasteiger partial charge in [0.25, 0.3) is 0 Å². The molecular weight excluding hydrogens is 320 g/mol. The summed E-state index contributed by atoms with van der Waals surface area (Å²) >= 11 is 5.28. The monoisotopic (exact) mass is 347 g/mol. The highest BCUT2D eigenvalue weighted by atomic mass is 32.1. The molecule has 0 unspecified atom stereocenters. The van der Waals surface area contributed by atoms with Crippen LogP contribution in [0.3, 0.4) is 0 Å². The summed E-state index contributed by atoms with van der Waals surface area (Å²) in [7, 11) is 3.67. The Morgan fingerprint density at radius 2 is 1.46 bits per heavy atom. The zero-order valence-corrected chi connectivity index (χ0v) is 16.6. The quantitative estimate of drug-likeness (QED) is 0.786. The van der Waals surface area contributed by atoms with Crippen molar-refractivity contribution in [3.63, 3.8) is 0 Å². The first kappa shape index (κ1) is 18.5. The number of hydrazine groups is 1. The van der Waals surface area contributed by atoms with E-state index in [-0.39, 0.29) is 16.6 Å². The first-order valence-corrected chi connectivity index (χ1v) is 8.46. The largest absolute Gasteiger partial charge is 0.289 e. The van der Waals surface area contributed by atoms with Crippen molar-refractivity contribution in [3.05, 3.63) is 28.8 Å². The Kier molecular flexibility index (Phi) is 4.57. The van der Waals surface area contributed by atoms with Crippen molar-refractivity contribution in [2.24, 2.45) is 5.10 Å². The number of nitrogens with one attached hydrogen (secondary N) is 1. The molecule has 0 aromatic heterocycles. The van der Waals surface area contributed by atoms with E-state index in [4.69, 9.17) is 12.2 Å². The van der Waals surface area contributed by atoms with E-state index in [0.29, 0.717) is 10.9 Å². The van der Waals surface area contributed by atoms with Crippen LogP contribution in [0.15, 0.2) is 17.2 Å². The SMILES string of the molecule is CN1N=C(c2cc(C(C)(C)C)c([O])c(C(C)(C)C)c2)NN(C)C1=S. The minimum absolute atomic E-state index is 0.118. The van der Waals surface area contributed by atoms with E-state index in [9.17, 15) is 5.11 Å². The number of hydrogen-bond acceptors (Lipinski definition) is 3. The van der Waals surface area contributed by atoms with Gasteiger partial charge in [-0.05, 0) is 35.2 Å². The molecule has 5 nitrogen and oxygen atoms in total. The van der Waals surface area contributed by atoms with Gasteiger partial charge < -0.3 is 0 Å². The Hall–Kier alpha value is -1.82. The molecule has 1 radical (unpaired) electrons. The van der Waals surface area contributed by atoms with Gasteiger partial charge in [0.1, 0.15) is 0 Å². The normalized spacial score (nSPS) is 16.2. The van der Waals surface area contributed by atoms with Crippen LogP contribution in [0.5, 0.6) is 5.75 Å². The molecule has 1 heterocycles. The maximum absolute atomic E-state index is 13.0. The van der Waals surface area contributed by atoms with Crippen LogP contribution in [0.4, 0.5) is 0 Å². The van der Waals surface area contributed by atoms with E-state index in [1.807, 2.05) is 26.2 Å². The third kappa shape index (κ3) is 3.48. The lowest BCUT2D eigenvalue weighted by Crippen LogP contribution is -2.52. The Balaban J connectivity index is 2.68. The molecule has 0 spiro atoms. The van der Waals surface area contributed by atoms with Crippen molar-refractivity contribution < 1.29 is 5.11 Å². The second-order valence-electron chi connectivity index (χ2n) is 8.33. The Morgan fingerprint density at radius 3 is 1.83 bits per heavy atom. The molecule has 0 bridgehead atoms. The number of nitrogens with zero attached hydrogens (tertiary/aromatic N) is 3. The van der Waals surface area contributed by atoms with Gasteiger partial charge in [-0.25, -0.2) is 5.01 Å². The molecule has 0 amide bonds. The maximum Gasteiger partial charge on any atom is 0.210 e. The minimum atomic E-state index is -0.241. The van der Waals surface area contributed by atoms with E-state index in [2.05, 4.69) is 52.1 Å². The van der Waals surface area contributed by atoms with Crippen LogP contribution in [0.1, 0.15) is 58.2 Å². The molecule has 0 atom stereocenters. The van der Waals surface area contributed by atoms with Crippen LogP contribution in [-0.4, -0.2) is 35.1 Å². The fraction of sp³-hybridized carbons (Fsp3) is 0.556. The summed E-state index contributed by atoms with van der Waals surface area (Å²) in [5.41, 5.74) is 5.20. The molecule has 1 aliphatic rings. The lowest BCUT2D eigenvalue weighted by Gasteiger charge is -2.33. The summed E-state index contributed by atoms with van der Waals surface area (Å²) in [5.74, 6) is 0.803. The maximum atomic E-state index is 13.0. The van der Waals surface area contributed by atoms with Crippen LogP contribution in [-0.2, 0) is 15.9 Å². The number of hydrogen-bond donors (Lipinski definition) is 1. The van der Waals surface area contributed by atoms with Crippen LogP contribution < -0.4 is 5.43 Å². The standard InChI is InChI=1S/C18H27N4OS/c1-17(2,3)12-9-11(10-13(14(12)23)18(4,5)6)15-19-21(7)16(24)22(8)20-15/h9-10H,1-8H3,(H,19,20). The number of hydrazone groups is 1. The van der Waals surface area contributed by atoms with Crippen molar-refractivity contribution in [1.29, 1.82) is 0 Å². The van der Waals surface area contributed by atoms with Crippen LogP contribution >= 0.6 is 12.2 Å². The van der Waals surface area contributed by atoms with Crippen molar-refractivity contribution in [2.75, 3.05) is 14.1 Å². The molecule has 6 heteroatoms. The highest BCUT2D eigenvalue weighted by Gasteiger charge is 2.29. The van der Waals surface area contributed by atoms with Gasteiger partial charge in [0, 0.05) is 30.8 Å². The third-order valence-corrected chi connectivity index (χ3v) is 4.60. The summed E-state index contributed by atoms with van der Waals surface area (Å²) < 4.78 is 0. The van der Waals surface area contributed by atoms with E-state index in [1.165, 1.54) is 0 Å². The lowest BCUT2D eigenvalue weighted by atomic mass is 9.78. The molecule has 131 valence electrons. The number of amidine groups is 1. The molecule has 0 saturated carbocycles.